The van der Waals surface area contributed by atoms with Crippen LogP contribution in [0, 0.1) is 0 Å². The van der Waals surface area contributed by atoms with E-state index in [0.29, 0.717) is 0 Å². The normalized spacial score (nSPS) is 13.6. The van der Waals surface area contributed by atoms with Gasteiger partial charge in [-0.25, -0.2) is 0 Å². The Morgan fingerprint density at radius 3 is 1.60 bits per heavy atom. The van der Waals surface area contributed by atoms with Crippen LogP contribution in [0.15, 0.2) is 153 Å². The van der Waals surface area contributed by atoms with Crippen molar-refractivity contribution in [2.75, 3.05) is 0 Å². The van der Waals surface area contributed by atoms with Crippen molar-refractivity contribution in [1.82, 2.24) is 4.57 Å². The Bertz CT molecular complexity index is 2940. The fraction of sp³-hybridized carbons (Fsp3) is 0. The van der Waals surface area contributed by atoms with E-state index >= 15 is 0 Å². The third-order valence-electron chi connectivity index (χ3n) is 10.3. The molecule has 0 bridgehead atoms. The van der Waals surface area contributed by atoms with Gasteiger partial charge < -0.3 is 4.57 Å². The highest BCUT2D eigenvalue weighted by molar-refractivity contribution is 8.01. The van der Waals surface area contributed by atoms with Crippen molar-refractivity contribution in [2.45, 2.75) is 19.6 Å². The highest BCUT2D eigenvalue weighted by Crippen LogP contribution is 2.52. The van der Waals surface area contributed by atoms with Gasteiger partial charge in [0.2, 0.25) is 6.71 Å². The first kappa shape index (κ1) is 26.5. The molecule has 0 unspecified atom stereocenters. The number of hydrogen-bond acceptors (Lipinski definition) is 4. The SMILES string of the molecule is c1ccc2c(c1)Sc1cc(-n3c4ccccc4c4c5sc6ccccc6c5c5sc6ccccc6c5c43)cc3c1B2c1ccccc1S3. The molecule has 0 N–H and O–H groups in total. The number of benzene rings is 7. The van der Waals surface area contributed by atoms with Crippen LogP contribution in [0.2, 0.25) is 0 Å². The van der Waals surface area contributed by atoms with Crippen LogP contribution in [-0.2, 0) is 0 Å². The maximum Gasteiger partial charge on any atom is 0.247 e. The zero-order valence-corrected chi connectivity index (χ0v) is 28.6. The van der Waals surface area contributed by atoms with E-state index in [2.05, 4.69) is 138 Å². The van der Waals surface area contributed by atoms with Crippen molar-refractivity contribution >= 4 is 131 Å². The molecule has 3 aromatic heterocycles. The average molecular weight is 680 g/mol. The molecular formula is C42H22BNS4. The summed E-state index contributed by atoms with van der Waals surface area (Å²) in [5.41, 5.74) is 8.14. The van der Waals surface area contributed by atoms with Gasteiger partial charge in [-0.05, 0) is 47.9 Å². The maximum atomic E-state index is 2.60. The van der Waals surface area contributed by atoms with Crippen LogP contribution in [-0.4, -0.2) is 11.3 Å². The highest BCUT2D eigenvalue weighted by atomic mass is 32.2. The third kappa shape index (κ3) is 3.36. The summed E-state index contributed by atoms with van der Waals surface area (Å²) in [5.74, 6) is 0. The monoisotopic (exact) mass is 679 g/mol. The summed E-state index contributed by atoms with van der Waals surface area (Å²) in [4.78, 5) is 5.46. The summed E-state index contributed by atoms with van der Waals surface area (Å²) in [6.07, 6.45) is 0. The molecule has 1 nitrogen and oxygen atoms in total. The zero-order valence-electron chi connectivity index (χ0n) is 25.4. The van der Waals surface area contributed by atoms with E-state index < -0.39 is 0 Å². The molecule has 0 fully saturated rings. The van der Waals surface area contributed by atoms with Crippen molar-refractivity contribution in [1.29, 1.82) is 0 Å². The predicted octanol–water partition coefficient (Wildman–Crippen LogP) is 11.0. The van der Waals surface area contributed by atoms with Gasteiger partial charge in [-0.1, -0.05) is 125 Å². The molecule has 7 aromatic carbocycles. The lowest BCUT2D eigenvalue weighted by atomic mass is 9.36. The van der Waals surface area contributed by atoms with E-state index in [4.69, 9.17) is 0 Å². The molecule has 222 valence electrons. The number of para-hydroxylation sites is 1. The molecule has 0 amide bonds. The van der Waals surface area contributed by atoms with Crippen LogP contribution in [0.5, 0.6) is 0 Å². The van der Waals surface area contributed by atoms with Crippen LogP contribution in [0.3, 0.4) is 0 Å². The number of thiophene rings is 2. The summed E-state index contributed by atoms with van der Waals surface area (Å²) in [6.45, 7) is 0.253. The molecule has 2 aliphatic rings. The van der Waals surface area contributed by atoms with Gasteiger partial charge in [0.05, 0.1) is 11.0 Å². The van der Waals surface area contributed by atoms with Crippen LogP contribution >= 0.6 is 46.2 Å². The predicted molar refractivity (Wildman–Crippen MR) is 212 cm³/mol. The fourth-order valence-electron chi connectivity index (χ4n) is 8.39. The molecule has 0 spiro atoms. The quantitative estimate of drug-likeness (QED) is 0.159. The van der Waals surface area contributed by atoms with Crippen LogP contribution in [0.25, 0.3) is 67.8 Å². The third-order valence-corrected chi connectivity index (χ3v) is 15.0. The molecule has 10 aromatic rings. The second kappa shape index (κ2) is 9.58. The lowest BCUT2D eigenvalue weighted by Gasteiger charge is -2.33. The first-order valence-corrected chi connectivity index (χ1v) is 19.5. The number of rotatable bonds is 1. The second-order valence-electron chi connectivity index (χ2n) is 12.7. The van der Waals surface area contributed by atoms with Crippen molar-refractivity contribution in [3.63, 3.8) is 0 Å². The van der Waals surface area contributed by atoms with Crippen molar-refractivity contribution < 1.29 is 0 Å². The Balaban J connectivity index is 1.27. The van der Waals surface area contributed by atoms with Gasteiger partial charge in [-0.2, -0.15) is 0 Å². The molecule has 2 aliphatic heterocycles. The Morgan fingerprint density at radius 2 is 0.958 bits per heavy atom. The zero-order chi connectivity index (χ0) is 31.1. The van der Waals surface area contributed by atoms with E-state index in [1.807, 2.05) is 46.2 Å². The summed E-state index contributed by atoms with van der Waals surface area (Å²) in [6, 6.07) is 50.1. The van der Waals surface area contributed by atoms with Crippen LogP contribution < -0.4 is 16.4 Å². The van der Waals surface area contributed by atoms with Crippen molar-refractivity contribution in [3.8, 4) is 5.69 Å². The van der Waals surface area contributed by atoms with E-state index in [1.165, 1.54) is 104 Å². The topological polar surface area (TPSA) is 4.93 Å². The Morgan fingerprint density at radius 1 is 0.458 bits per heavy atom. The Hall–Kier alpha value is -4.46. The van der Waals surface area contributed by atoms with E-state index in [1.54, 1.807) is 0 Å². The maximum absolute atomic E-state index is 2.60. The molecule has 0 radical (unpaired) electrons. The number of nitrogens with zero attached hydrogens (tertiary/aromatic N) is 1. The summed E-state index contributed by atoms with van der Waals surface area (Å²) < 4.78 is 8.09. The average Bonchev–Trinajstić information content (AvgIpc) is 3.81. The largest absolute Gasteiger partial charge is 0.308 e. The molecule has 0 atom stereocenters. The van der Waals surface area contributed by atoms with Crippen LogP contribution in [0.1, 0.15) is 0 Å². The Labute approximate surface area is 292 Å². The molecule has 0 saturated carbocycles. The Kier molecular flexibility index (Phi) is 5.29. The van der Waals surface area contributed by atoms with Crippen molar-refractivity contribution in [2.24, 2.45) is 0 Å². The molecule has 0 aliphatic carbocycles. The molecule has 48 heavy (non-hydrogen) atoms. The standard InChI is InChI=1S/C42H22BNS4/c1-6-16-29-24(11-1)36-40(37-25-12-2-7-17-30(25)47-42(37)38-26-13-3-8-18-31(26)48-41(36)38)44(29)23-21-34-39-35(22-23)46-33-20-10-5-15-28(33)43(39)27-14-4-9-19-32(27)45-34/h1-22H. The second-order valence-corrected chi connectivity index (χ2v) is 17.0. The van der Waals surface area contributed by atoms with E-state index in [9.17, 15) is 0 Å². The van der Waals surface area contributed by atoms with Gasteiger partial charge in [-0.15, -0.1) is 22.7 Å². The smallest absolute Gasteiger partial charge is 0.247 e. The lowest BCUT2D eigenvalue weighted by molar-refractivity contribution is 1.15. The van der Waals surface area contributed by atoms with E-state index in [0.717, 1.165) is 0 Å². The van der Waals surface area contributed by atoms with Gasteiger partial charge >= 0.3 is 0 Å². The molecule has 12 rings (SSSR count). The summed E-state index contributed by atoms with van der Waals surface area (Å²) in [7, 11) is 0. The van der Waals surface area contributed by atoms with Gasteiger partial charge in [0, 0.05) is 76.4 Å². The molecular weight excluding hydrogens is 658 g/mol. The van der Waals surface area contributed by atoms with Gasteiger partial charge in [0.15, 0.2) is 0 Å². The fourth-order valence-corrected chi connectivity index (χ4v) is 13.5. The van der Waals surface area contributed by atoms with Crippen molar-refractivity contribution in [3.05, 3.63) is 133 Å². The van der Waals surface area contributed by atoms with Gasteiger partial charge in [0.1, 0.15) is 0 Å². The minimum absolute atomic E-state index is 0.253. The first-order valence-electron chi connectivity index (χ1n) is 16.2. The summed E-state index contributed by atoms with van der Waals surface area (Å²) >= 11 is 7.77. The molecule has 0 saturated heterocycles. The van der Waals surface area contributed by atoms with Crippen LogP contribution in [0.4, 0.5) is 0 Å². The number of aromatic nitrogens is 1. The minimum atomic E-state index is 0.253. The minimum Gasteiger partial charge on any atom is -0.308 e. The first-order chi connectivity index (χ1) is 23.8. The van der Waals surface area contributed by atoms with Gasteiger partial charge in [-0.3, -0.25) is 0 Å². The van der Waals surface area contributed by atoms with Gasteiger partial charge in [0.25, 0.3) is 0 Å². The number of fused-ring (bicyclic) bond motifs is 16. The highest BCUT2D eigenvalue weighted by Gasteiger charge is 2.38. The lowest BCUT2D eigenvalue weighted by Crippen LogP contribution is -2.58. The number of hydrogen-bond donors (Lipinski definition) is 0. The molecule has 5 heterocycles. The molecule has 6 heteroatoms. The summed E-state index contributed by atoms with van der Waals surface area (Å²) in [5, 5.41) is 8.18. The van der Waals surface area contributed by atoms with E-state index in [-0.39, 0.29) is 6.71 Å².